The van der Waals surface area contributed by atoms with E-state index in [-0.39, 0.29) is 5.91 Å². The predicted molar refractivity (Wildman–Crippen MR) is 142 cm³/mol. The summed E-state index contributed by atoms with van der Waals surface area (Å²) >= 11 is 3.42. The van der Waals surface area contributed by atoms with Crippen LogP contribution in [-0.4, -0.2) is 18.1 Å². The number of nitrogens with one attached hydrogen (secondary N) is 1. The van der Waals surface area contributed by atoms with Crippen molar-refractivity contribution in [3.05, 3.63) is 64.1 Å². The molecular formula is C28H37BrN2O3. The van der Waals surface area contributed by atoms with Gasteiger partial charge in [0.2, 0.25) is 5.91 Å². The molecule has 0 fully saturated rings. The number of carbonyl (C=O) groups excluding carboxylic acids is 2. The number of nitrogens with zero attached hydrogens (tertiary/aromatic N) is 1. The van der Waals surface area contributed by atoms with Crippen LogP contribution in [0, 0.1) is 0 Å². The molecule has 0 atom stereocenters. The van der Waals surface area contributed by atoms with E-state index in [0.29, 0.717) is 23.3 Å². The molecule has 2 aromatic carbocycles. The maximum atomic E-state index is 12.4. The van der Waals surface area contributed by atoms with Crippen molar-refractivity contribution in [3.63, 3.8) is 0 Å². The third-order valence-electron chi connectivity index (χ3n) is 5.58. The van der Waals surface area contributed by atoms with Crippen molar-refractivity contribution in [1.82, 2.24) is 5.43 Å². The Bertz CT molecular complexity index is 900. The largest absolute Gasteiger partial charge is 0.422 e. The van der Waals surface area contributed by atoms with Gasteiger partial charge >= 0.3 is 5.97 Å². The minimum absolute atomic E-state index is 0.106. The molecule has 0 bridgehead atoms. The predicted octanol–water partition coefficient (Wildman–Crippen LogP) is 7.82. The number of benzene rings is 2. The van der Waals surface area contributed by atoms with Gasteiger partial charge in [-0.3, -0.25) is 4.79 Å². The summed E-state index contributed by atoms with van der Waals surface area (Å²) in [6.07, 6.45) is 15.7. The van der Waals surface area contributed by atoms with E-state index in [2.05, 4.69) is 33.4 Å². The van der Waals surface area contributed by atoms with E-state index >= 15 is 0 Å². The number of carbonyl (C=O) groups is 2. The van der Waals surface area contributed by atoms with Crippen LogP contribution in [0.15, 0.2) is 58.1 Å². The molecule has 0 aliphatic carbocycles. The second-order valence-corrected chi connectivity index (χ2v) is 9.43. The summed E-state index contributed by atoms with van der Waals surface area (Å²) in [5, 5.41) is 4.06. The zero-order valence-corrected chi connectivity index (χ0v) is 21.8. The van der Waals surface area contributed by atoms with Gasteiger partial charge in [0.1, 0.15) is 5.75 Å². The topological polar surface area (TPSA) is 67.8 Å². The van der Waals surface area contributed by atoms with Gasteiger partial charge in [-0.15, -0.1) is 0 Å². The first-order valence-electron chi connectivity index (χ1n) is 12.5. The Balaban J connectivity index is 1.67. The molecule has 184 valence electrons. The Kier molecular flexibility index (Phi) is 13.9. The Labute approximate surface area is 212 Å². The van der Waals surface area contributed by atoms with Crippen LogP contribution in [-0.2, 0) is 4.79 Å². The Morgan fingerprint density at radius 2 is 1.50 bits per heavy atom. The molecule has 34 heavy (non-hydrogen) atoms. The summed E-state index contributed by atoms with van der Waals surface area (Å²) in [5.74, 6) is -0.177. The van der Waals surface area contributed by atoms with Gasteiger partial charge in [-0.2, -0.15) is 5.10 Å². The SMILES string of the molecule is CCCCCCCCCCCCCC(=O)N/N=C\c1cc(Br)ccc1OC(=O)c1ccccc1. The van der Waals surface area contributed by atoms with E-state index < -0.39 is 5.97 Å². The number of hydrazone groups is 1. The van der Waals surface area contributed by atoms with Crippen LogP contribution in [0.5, 0.6) is 5.75 Å². The highest BCUT2D eigenvalue weighted by atomic mass is 79.9. The van der Waals surface area contributed by atoms with Gasteiger partial charge < -0.3 is 4.74 Å². The summed E-state index contributed by atoms with van der Waals surface area (Å²) < 4.78 is 6.34. The summed E-state index contributed by atoms with van der Waals surface area (Å²) in [5.41, 5.74) is 3.63. The number of unbranched alkanes of at least 4 members (excludes halogenated alkanes) is 10. The maximum absolute atomic E-state index is 12.4. The number of hydrogen-bond donors (Lipinski definition) is 1. The number of rotatable bonds is 16. The van der Waals surface area contributed by atoms with Crippen molar-refractivity contribution < 1.29 is 14.3 Å². The molecule has 1 amide bonds. The molecule has 0 radical (unpaired) electrons. The quantitative estimate of drug-likeness (QED) is 0.0793. The molecule has 0 heterocycles. The second-order valence-electron chi connectivity index (χ2n) is 8.52. The van der Waals surface area contributed by atoms with Crippen LogP contribution in [0.3, 0.4) is 0 Å². The first-order chi connectivity index (χ1) is 16.6. The molecule has 1 N–H and O–H groups in total. The van der Waals surface area contributed by atoms with Gasteiger partial charge in [-0.05, 0) is 36.8 Å². The van der Waals surface area contributed by atoms with Crippen molar-refractivity contribution in [1.29, 1.82) is 0 Å². The van der Waals surface area contributed by atoms with Crippen LogP contribution in [0.4, 0.5) is 0 Å². The summed E-state index contributed by atoms with van der Waals surface area (Å²) in [6, 6.07) is 14.1. The van der Waals surface area contributed by atoms with Crippen LogP contribution in [0.1, 0.15) is 99.9 Å². The number of ether oxygens (including phenoxy) is 1. The van der Waals surface area contributed by atoms with Gasteiger partial charge in [-0.25, -0.2) is 10.2 Å². The van der Waals surface area contributed by atoms with Crippen molar-refractivity contribution in [2.75, 3.05) is 0 Å². The minimum atomic E-state index is -0.446. The molecule has 0 unspecified atom stereocenters. The first-order valence-corrected chi connectivity index (χ1v) is 13.3. The highest BCUT2D eigenvalue weighted by molar-refractivity contribution is 9.10. The van der Waals surface area contributed by atoms with Gasteiger partial charge in [0.25, 0.3) is 0 Å². The van der Waals surface area contributed by atoms with E-state index in [1.54, 1.807) is 42.5 Å². The van der Waals surface area contributed by atoms with Crippen molar-refractivity contribution in [2.24, 2.45) is 5.10 Å². The smallest absolute Gasteiger partial charge is 0.343 e. The van der Waals surface area contributed by atoms with E-state index in [1.165, 1.54) is 64.0 Å². The van der Waals surface area contributed by atoms with Gasteiger partial charge in [0, 0.05) is 16.5 Å². The third kappa shape index (κ3) is 11.6. The van der Waals surface area contributed by atoms with E-state index in [1.807, 2.05) is 6.07 Å². The lowest BCUT2D eigenvalue weighted by molar-refractivity contribution is -0.121. The number of halogens is 1. The number of amides is 1. The van der Waals surface area contributed by atoms with E-state index in [4.69, 9.17) is 4.74 Å². The molecule has 6 heteroatoms. The average molecular weight is 530 g/mol. The number of hydrogen-bond acceptors (Lipinski definition) is 4. The van der Waals surface area contributed by atoms with Crippen molar-refractivity contribution >= 4 is 34.0 Å². The molecule has 0 aliphatic rings. The standard InChI is InChI=1S/C28H37BrN2O3/c1-2-3-4-5-6-7-8-9-10-11-15-18-27(32)31-30-22-24-21-25(29)19-20-26(24)34-28(33)23-16-13-12-14-17-23/h12-14,16-17,19-22H,2-11,15,18H2,1H3,(H,31,32)/b30-22-. The lowest BCUT2D eigenvalue weighted by Crippen LogP contribution is -2.17. The van der Waals surface area contributed by atoms with E-state index in [9.17, 15) is 9.59 Å². The maximum Gasteiger partial charge on any atom is 0.343 e. The highest BCUT2D eigenvalue weighted by Crippen LogP contribution is 2.23. The Morgan fingerprint density at radius 3 is 2.15 bits per heavy atom. The van der Waals surface area contributed by atoms with Gasteiger partial charge in [0.05, 0.1) is 11.8 Å². The summed E-state index contributed by atoms with van der Waals surface area (Å²) in [4.78, 5) is 24.5. The molecule has 0 saturated heterocycles. The lowest BCUT2D eigenvalue weighted by atomic mass is 10.1. The van der Waals surface area contributed by atoms with Crippen LogP contribution >= 0.6 is 15.9 Å². The zero-order valence-electron chi connectivity index (χ0n) is 20.2. The van der Waals surface area contributed by atoms with Crippen molar-refractivity contribution in [2.45, 2.75) is 84.0 Å². The van der Waals surface area contributed by atoms with Crippen LogP contribution in [0.2, 0.25) is 0 Å². The fourth-order valence-electron chi connectivity index (χ4n) is 3.63. The fraction of sp³-hybridized carbons (Fsp3) is 0.464. The number of esters is 1. The van der Waals surface area contributed by atoms with Crippen LogP contribution in [0.25, 0.3) is 0 Å². The second kappa shape index (κ2) is 17.0. The Morgan fingerprint density at radius 1 is 0.882 bits per heavy atom. The van der Waals surface area contributed by atoms with Crippen LogP contribution < -0.4 is 10.2 Å². The molecule has 0 aromatic heterocycles. The molecule has 0 saturated carbocycles. The lowest BCUT2D eigenvalue weighted by Gasteiger charge is -2.08. The highest BCUT2D eigenvalue weighted by Gasteiger charge is 2.11. The molecule has 0 spiro atoms. The molecule has 5 nitrogen and oxygen atoms in total. The normalized spacial score (nSPS) is 11.0. The van der Waals surface area contributed by atoms with E-state index in [0.717, 1.165) is 17.3 Å². The summed E-state index contributed by atoms with van der Waals surface area (Å²) in [6.45, 7) is 2.25. The zero-order chi connectivity index (χ0) is 24.4. The molecular weight excluding hydrogens is 492 g/mol. The fourth-order valence-corrected chi connectivity index (χ4v) is 4.00. The molecule has 2 rings (SSSR count). The third-order valence-corrected chi connectivity index (χ3v) is 6.08. The van der Waals surface area contributed by atoms with Gasteiger partial charge in [0.15, 0.2) is 0 Å². The Hall–Kier alpha value is -2.47. The minimum Gasteiger partial charge on any atom is -0.422 e. The molecule has 2 aromatic rings. The molecule has 0 aliphatic heterocycles. The first kappa shape index (κ1) is 27.8. The van der Waals surface area contributed by atoms with Crippen molar-refractivity contribution in [3.8, 4) is 5.75 Å². The summed E-state index contributed by atoms with van der Waals surface area (Å²) in [7, 11) is 0. The average Bonchev–Trinajstić information content (AvgIpc) is 2.84. The van der Waals surface area contributed by atoms with Gasteiger partial charge in [-0.1, -0.05) is 105 Å². The monoisotopic (exact) mass is 528 g/mol.